The van der Waals surface area contributed by atoms with E-state index in [0.717, 1.165) is 66.8 Å². The van der Waals surface area contributed by atoms with Gasteiger partial charge < -0.3 is 4.98 Å². The summed E-state index contributed by atoms with van der Waals surface area (Å²) in [7, 11) is 0. The number of hydrogen-bond acceptors (Lipinski definition) is 3. The lowest BCUT2D eigenvalue weighted by atomic mass is 10.0. The van der Waals surface area contributed by atoms with Crippen LogP contribution in [0.15, 0.2) is 47.4 Å². The highest BCUT2D eigenvalue weighted by molar-refractivity contribution is 5.85. The fourth-order valence-corrected chi connectivity index (χ4v) is 3.90. The van der Waals surface area contributed by atoms with E-state index in [0.29, 0.717) is 5.39 Å². The van der Waals surface area contributed by atoms with E-state index in [1.807, 2.05) is 13.0 Å². The van der Waals surface area contributed by atoms with Crippen LogP contribution in [0.2, 0.25) is 0 Å². The summed E-state index contributed by atoms with van der Waals surface area (Å²) in [6, 6.07) is 7.87. The van der Waals surface area contributed by atoms with Gasteiger partial charge in [-0.2, -0.15) is 0 Å². The van der Waals surface area contributed by atoms with Gasteiger partial charge in [-0.15, -0.1) is 0 Å². The molecule has 1 aliphatic rings. The second-order valence-corrected chi connectivity index (χ2v) is 7.55. The normalized spacial score (nSPS) is 14.9. The van der Waals surface area contributed by atoms with E-state index >= 15 is 0 Å². The predicted octanol–water partition coefficient (Wildman–Crippen LogP) is 4.23. The van der Waals surface area contributed by atoms with E-state index in [9.17, 15) is 13.6 Å². The molecule has 6 heteroatoms. The van der Waals surface area contributed by atoms with Crippen LogP contribution in [-0.4, -0.2) is 34.5 Å². The maximum Gasteiger partial charge on any atom is 0.256 e. The minimum atomic E-state index is -0.387. The van der Waals surface area contributed by atoms with Crippen LogP contribution >= 0.6 is 0 Å². The quantitative estimate of drug-likeness (QED) is 0.703. The predicted molar refractivity (Wildman–Crippen MR) is 111 cm³/mol. The molecule has 1 aromatic carbocycles. The summed E-state index contributed by atoms with van der Waals surface area (Å²) in [5.74, 6) is -0.708. The minimum absolute atomic E-state index is 0.238. The van der Waals surface area contributed by atoms with Gasteiger partial charge in [-0.05, 0) is 79.6 Å². The molecule has 0 unspecified atom stereocenters. The molecule has 4 nitrogen and oxygen atoms in total. The van der Waals surface area contributed by atoms with Gasteiger partial charge in [0.25, 0.3) is 5.56 Å². The second-order valence-electron chi connectivity index (χ2n) is 7.55. The van der Waals surface area contributed by atoms with Gasteiger partial charge in [0, 0.05) is 18.8 Å². The third kappa shape index (κ3) is 4.43. The number of fused-ring (bicyclic) bond motifs is 1. The molecule has 0 saturated carbocycles. The summed E-state index contributed by atoms with van der Waals surface area (Å²) in [6.45, 7) is 4.50. The highest BCUT2D eigenvalue weighted by Gasteiger charge is 2.14. The number of rotatable bonds is 5. The summed E-state index contributed by atoms with van der Waals surface area (Å²) >= 11 is 0. The van der Waals surface area contributed by atoms with Crippen LogP contribution < -0.4 is 5.56 Å². The van der Waals surface area contributed by atoms with Crippen molar-refractivity contribution in [3.05, 3.63) is 81.5 Å². The molecular weight excluding hydrogens is 372 g/mol. The molecule has 3 aromatic rings. The van der Waals surface area contributed by atoms with Gasteiger partial charge in [-0.3, -0.25) is 14.7 Å². The molecule has 0 atom stereocenters. The van der Waals surface area contributed by atoms with Crippen LogP contribution in [-0.2, 0) is 6.42 Å². The summed E-state index contributed by atoms with van der Waals surface area (Å²) < 4.78 is 26.6. The molecule has 1 aliphatic heterocycles. The van der Waals surface area contributed by atoms with Crippen LogP contribution in [0.5, 0.6) is 0 Å². The Balaban J connectivity index is 1.36. The van der Waals surface area contributed by atoms with Gasteiger partial charge in [0.1, 0.15) is 11.6 Å². The third-order valence-corrected chi connectivity index (χ3v) is 5.46. The Morgan fingerprint density at radius 1 is 1.14 bits per heavy atom. The molecule has 0 spiro atoms. The molecule has 0 radical (unpaired) electrons. The van der Waals surface area contributed by atoms with Crippen LogP contribution in [0.1, 0.15) is 29.8 Å². The monoisotopic (exact) mass is 395 g/mol. The van der Waals surface area contributed by atoms with Crippen molar-refractivity contribution in [3.8, 4) is 0 Å². The Labute approximate surface area is 167 Å². The zero-order valence-electron chi connectivity index (χ0n) is 16.3. The van der Waals surface area contributed by atoms with Crippen molar-refractivity contribution in [1.29, 1.82) is 0 Å². The van der Waals surface area contributed by atoms with E-state index in [2.05, 4.69) is 20.9 Å². The smallest absolute Gasteiger partial charge is 0.256 e. The molecule has 29 heavy (non-hydrogen) atoms. The largest absolute Gasteiger partial charge is 0.326 e. The lowest BCUT2D eigenvalue weighted by Gasteiger charge is -2.26. The summed E-state index contributed by atoms with van der Waals surface area (Å²) in [6.07, 6.45) is 5.97. The fraction of sp³-hybridized carbons (Fsp3) is 0.304. The first-order chi connectivity index (χ1) is 14.0. The molecule has 0 fully saturated rings. The average molecular weight is 395 g/mol. The number of pyridine rings is 2. The number of aromatic nitrogens is 2. The number of H-pyrrole nitrogens is 1. The molecule has 4 rings (SSSR count). The van der Waals surface area contributed by atoms with Crippen LogP contribution in [0, 0.1) is 18.6 Å². The topological polar surface area (TPSA) is 49.0 Å². The first kappa shape index (κ1) is 19.5. The number of aromatic amines is 1. The Morgan fingerprint density at radius 3 is 2.72 bits per heavy atom. The zero-order valence-corrected chi connectivity index (χ0v) is 16.3. The highest BCUT2D eigenvalue weighted by Crippen LogP contribution is 2.21. The molecule has 3 heterocycles. The maximum absolute atomic E-state index is 13.6. The number of hydrogen-bond donors (Lipinski definition) is 1. The van der Waals surface area contributed by atoms with Gasteiger partial charge in [-0.25, -0.2) is 8.78 Å². The first-order valence-corrected chi connectivity index (χ1v) is 9.85. The minimum Gasteiger partial charge on any atom is -0.326 e. The van der Waals surface area contributed by atoms with Crippen molar-refractivity contribution in [3.63, 3.8) is 0 Å². The van der Waals surface area contributed by atoms with E-state index in [1.54, 1.807) is 6.07 Å². The standard InChI is InChI=1S/C23H23F2N3O/c1-15-11-18(25)12-21-20(15)13-19(27-23(21)29)3-2-8-28-9-6-16(7-10-28)22-5-4-17(24)14-26-22/h4-6,11-14H,2-3,7-10H2,1H3,(H,27,29). The van der Waals surface area contributed by atoms with Gasteiger partial charge in [0.15, 0.2) is 0 Å². The Morgan fingerprint density at radius 2 is 2.00 bits per heavy atom. The van der Waals surface area contributed by atoms with Crippen molar-refractivity contribution in [1.82, 2.24) is 14.9 Å². The van der Waals surface area contributed by atoms with Crippen molar-refractivity contribution in [2.75, 3.05) is 19.6 Å². The number of nitrogens with zero attached hydrogens (tertiary/aromatic N) is 2. The average Bonchev–Trinajstić information content (AvgIpc) is 2.70. The van der Waals surface area contributed by atoms with Gasteiger partial charge in [0.05, 0.1) is 17.3 Å². The van der Waals surface area contributed by atoms with Crippen LogP contribution in [0.4, 0.5) is 8.78 Å². The van der Waals surface area contributed by atoms with Gasteiger partial charge in [0.2, 0.25) is 0 Å². The zero-order chi connectivity index (χ0) is 20.4. The summed E-state index contributed by atoms with van der Waals surface area (Å²) in [4.78, 5) is 21.7. The maximum atomic E-state index is 13.6. The van der Waals surface area contributed by atoms with Crippen molar-refractivity contribution in [2.45, 2.75) is 26.2 Å². The van der Waals surface area contributed by atoms with Crippen molar-refractivity contribution in [2.24, 2.45) is 0 Å². The SMILES string of the molecule is Cc1cc(F)cc2c(=O)[nH]c(CCCN3CC=C(c4ccc(F)cn4)CC3)cc12. The van der Waals surface area contributed by atoms with Gasteiger partial charge >= 0.3 is 0 Å². The highest BCUT2D eigenvalue weighted by atomic mass is 19.1. The molecule has 150 valence electrons. The van der Waals surface area contributed by atoms with E-state index in [-0.39, 0.29) is 17.2 Å². The number of benzene rings is 1. The van der Waals surface area contributed by atoms with Gasteiger partial charge in [-0.1, -0.05) is 6.08 Å². The molecule has 0 bridgehead atoms. The Bertz CT molecular complexity index is 1120. The Kier molecular flexibility index (Phi) is 5.53. The number of aryl methyl sites for hydroxylation is 2. The number of nitrogens with one attached hydrogen (secondary N) is 1. The van der Waals surface area contributed by atoms with E-state index < -0.39 is 0 Å². The number of halogens is 2. The molecular formula is C23H23F2N3O. The lowest BCUT2D eigenvalue weighted by Crippen LogP contribution is -2.30. The second kappa shape index (κ2) is 8.25. The third-order valence-electron chi connectivity index (χ3n) is 5.46. The molecule has 0 saturated heterocycles. The summed E-state index contributed by atoms with van der Waals surface area (Å²) in [5, 5.41) is 1.21. The molecule has 0 amide bonds. The van der Waals surface area contributed by atoms with Crippen molar-refractivity contribution >= 4 is 16.3 Å². The van der Waals surface area contributed by atoms with Crippen LogP contribution in [0.3, 0.4) is 0 Å². The van der Waals surface area contributed by atoms with Crippen molar-refractivity contribution < 1.29 is 8.78 Å². The summed E-state index contributed by atoms with van der Waals surface area (Å²) in [5.41, 5.74) is 3.41. The van der Waals surface area contributed by atoms with E-state index in [4.69, 9.17) is 0 Å². The van der Waals surface area contributed by atoms with Crippen LogP contribution in [0.25, 0.3) is 16.3 Å². The van der Waals surface area contributed by atoms with E-state index in [1.165, 1.54) is 24.4 Å². The lowest BCUT2D eigenvalue weighted by molar-refractivity contribution is 0.297. The molecule has 0 aliphatic carbocycles. The molecule has 2 aromatic heterocycles. The fourth-order valence-electron chi connectivity index (χ4n) is 3.90. The molecule has 1 N–H and O–H groups in total. The first-order valence-electron chi connectivity index (χ1n) is 9.85. The Hall–Kier alpha value is -2.86.